The number of piperazine rings is 1. The lowest BCUT2D eigenvalue weighted by Gasteiger charge is -2.34. The van der Waals surface area contributed by atoms with Gasteiger partial charge >= 0.3 is 0 Å². The molecule has 0 bridgehead atoms. The molecule has 0 amide bonds. The van der Waals surface area contributed by atoms with Gasteiger partial charge in [0, 0.05) is 51.4 Å². The van der Waals surface area contributed by atoms with Gasteiger partial charge < -0.3 is 31.1 Å². The molecule has 152 valence electrons. The highest BCUT2D eigenvalue weighted by molar-refractivity contribution is 7.80. The average Bonchev–Trinajstić information content (AvgIpc) is 2.55. The van der Waals surface area contributed by atoms with Crippen LogP contribution < -0.4 is 21.3 Å². The van der Waals surface area contributed by atoms with Crippen LogP contribution in [0, 0.1) is 0 Å². The molecule has 0 saturated carbocycles. The summed E-state index contributed by atoms with van der Waals surface area (Å²) in [7, 11) is 0. The van der Waals surface area contributed by atoms with Crippen LogP contribution in [-0.4, -0.2) is 84.5 Å². The number of hydrogen-bond donors (Lipinski definition) is 4. The molecule has 1 fully saturated rings. The zero-order chi connectivity index (χ0) is 19.4. The summed E-state index contributed by atoms with van der Waals surface area (Å²) in [6.07, 6.45) is 2.26. The van der Waals surface area contributed by atoms with Crippen molar-refractivity contribution in [1.82, 2.24) is 31.1 Å². The van der Waals surface area contributed by atoms with Crippen LogP contribution in [0.3, 0.4) is 0 Å². The first-order valence-corrected chi connectivity index (χ1v) is 10.7. The lowest BCUT2D eigenvalue weighted by molar-refractivity contribution is 0.131. The van der Waals surface area contributed by atoms with Crippen LogP contribution in [0.1, 0.15) is 40.5 Å². The Morgan fingerprint density at radius 3 is 1.38 bits per heavy atom. The van der Waals surface area contributed by atoms with E-state index < -0.39 is 0 Å². The highest BCUT2D eigenvalue weighted by atomic mass is 32.1. The molecule has 1 rings (SSSR count). The lowest BCUT2D eigenvalue weighted by Crippen LogP contribution is -2.48. The predicted octanol–water partition coefficient (Wildman–Crippen LogP) is 1.13. The van der Waals surface area contributed by atoms with Gasteiger partial charge in [0.2, 0.25) is 0 Å². The Hall–Kier alpha value is -0.700. The molecular formula is C18H38N6S2. The maximum atomic E-state index is 5.24. The summed E-state index contributed by atoms with van der Waals surface area (Å²) in [5.41, 5.74) is 0. The van der Waals surface area contributed by atoms with E-state index in [0.717, 1.165) is 75.4 Å². The summed E-state index contributed by atoms with van der Waals surface area (Å²) in [4.78, 5) is 5.11. The smallest absolute Gasteiger partial charge is 0.166 e. The van der Waals surface area contributed by atoms with Crippen molar-refractivity contribution >= 4 is 34.7 Å². The number of nitrogens with one attached hydrogen (secondary N) is 4. The number of hydrogen-bond acceptors (Lipinski definition) is 4. The van der Waals surface area contributed by atoms with Gasteiger partial charge in [0.05, 0.1) is 0 Å². The first-order valence-electron chi connectivity index (χ1n) is 9.90. The van der Waals surface area contributed by atoms with Gasteiger partial charge in [-0.25, -0.2) is 0 Å². The lowest BCUT2D eigenvalue weighted by atomic mass is 10.2. The molecule has 1 saturated heterocycles. The van der Waals surface area contributed by atoms with Crippen LogP contribution >= 0.6 is 24.4 Å². The fourth-order valence-electron chi connectivity index (χ4n) is 2.87. The summed E-state index contributed by atoms with van der Waals surface area (Å²) < 4.78 is 0. The maximum absolute atomic E-state index is 5.24. The van der Waals surface area contributed by atoms with Gasteiger partial charge in [-0.2, -0.15) is 0 Å². The molecule has 0 aromatic rings. The van der Waals surface area contributed by atoms with Crippen molar-refractivity contribution in [3.05, 3.63) is 0 Å². The third kappa shape index (κ3) is 11.8. The fraction of sp³-hybridized carbons (Fsp3) is 0.889. The third-order valence-corrected chi connectivity index (χ3v) is 4.70. The Morgan fingerprint density at radius 2 is 1.08 bits per heavy atom. The first-order chi connectivity index (χ1) is 12.4. The van der Waals surface area contributed by atoms with Crippen molar-refractivity contribution in [1.29, 1.82) is 0 Å². The molecule has 0 aromatic heterocycles. The molecule has 4 N–H and O–H groups in total. The maximum Gasteiger partial charge on any atom is 0.166 e. The van der Waals surface area contributed by atoms with Crippen LogP contribution in [0.15, 0.2) is 0 Å². The molecule has 8 heteroatoms. The molecule has 1 heterocycles. The van der Waals surface area contributed by atoms with Gasteiger partial charge in [-0.15, -0.1) is 0 Å². The van der Waals surface area contributed by atoms with Gasteiger partial charge in [0.1, 0.15) is 0 Å². The molecule has 0 radical (unpaired) electrons. The van der Waals surface area contributed by atoms with E-state index in [2.05, 4.69) is 58.8 Å². The Labute approximate surface area is 170 Å². The Balaban J connectivity index is 2.00. The molecule has 1 aliphatic rings. The van der Waals surface area contributed by atoms with E-state index in [-0.39, 0.29) is 0 Å². The third-order valence-electron chi connectivity index (χ3n) is 4.18. The Morgan fingerprint density at radius 1 is 0.731 bits per heavy atom. The summed E-state index contributed by atoms with van der Waals surface area (Å²) in [5.74, 6) is 0. The van der Waals surface area contributed by atoms with Gasteiger partial charge in [-0.1, -0.05) is 0 Å². The zero-order valence-corrected chi connectivity index (χ0v) is 18.6. The van der Waals surface area contributed by atoms with Crippen molar-refractivity contribution in [2.75, 3.05) is 52.4 Å². The van der Waals surface area contributed by atoms with E-state index in [9.17, 15) is 0 Å². The van der Waals surface area contributed by atoms with Crippen LogP contribution in [-0.2, 0) is 0 Å². The van der Waals surface area contributed by atoms with Crippen molar-refractivity contribution in [3.8, 4) is 0 Å². The van der Waals surface area contributed by atoms with Gasteiger partial charge in [-0.05, 0) is 78.1 Å². The van der Waals surface area contributed by atoms with E-state index in [1.165, 1.54) is 0 Å². The summed E-state index contributed by atoms with van der Waals surface area (Å²) in [6, 6.07) is 0.778. The standard InChI is InChI=1S/C18H38N6S2/c1-15(2)21-17(25)19-7-5-9-23-11-13-24(14-12-23)10-6-8-20-18(26)22-16(3)4/h15-16H,5-14H2,1-4H3,(H2,19,21,25)(H2,20,22,26). The van der Waals surface area contributed by atoms with Crippen LogP contribution in [0.25, 0.3) is 0 Å². The highest BCUT2D eigenvalue weighted by Crippen LogP contribution is 2.03. The van der Waals surface area contributed by atoms with Crippen molar-refractivity contribution in [2.45, 2.75) is 52.6 Å². The number of rotatable bonds is 10. The minimum absolute atomic E-state index is 0.389. The average molecular weight is 403 g/mol. The summed E-state index contributed by atoms with van der Waals surface area (Å²) in [5, 5.41) is 14.5. The van der Waals surface area contributed by atoms with Crippen molar-refractivity contribution in [2.24, 2.45) is 0 Å². The molecule has 1 aliphatic heterocycles. The second-order valence-corrected chi connectivity index (χ2v) is 8.32. The molecule has 0 spiro atoms. The Bertz CT molecular complexity index is 370. The Kier molecular flexibility index (Phi) is 12.1. The van der Waals surface area contributed by atoms with E-state index in [4.69, 9.17) is 24.4 Å². The quantitative estimate of drug-likeness (QED) is 0.321. The topological polar surface area (TPSA) is 54.6 Å². The van der Waals surface area contributed by atoms with E-state index in [1.54, 1.807) is 0 Å². The van der Waals surface area contributed by atoms with E-state index in [0.29, 0.717) is 12.1 Å². The molecule has 0 unspecified atom stereocenters. The highest BCUT2D eigenvalue weighted by Gasteiger charge is 2.15. The van der Waals surface area contributed by atoms with Gasteiger partial charge in [-0.3, -0.25) is 0 Å². The molecular weight excluding hydrogens is 364 g/mol. The minimum atomic E-state index is 0.389. The van der Waals surface area contributed by atoms with Crippen molar-refractivity contribution in [3.63, 3.8) is 0 Å². The number of thiocarbonyl (C=S) groups is 2. The summed E-state index contributed by atoms with van der Waals surface area (Å²) in [6.45, 7) is 17.2. The molecule has 0 atom stereocenters. The van der Waals surface area contributed by atoms with Crippen LogP contribution in [0.4, 0.5) is 0 Å². The molecule has 6 nitrogen and oxygen atoms in total. The van der Waals surface area contributed by atoms with Crippen LogP contribution in [0.5, 0.6) is 0 Å². The molecule has 0 aromatic carbocycles. The van der Waals surface area contributed by atoms with E-state index in [1.807, 2.05) is 0 Å². The summed E-state index contributed by atoms with van der Waals surface area (Å²) >= 11 is 10.5. The van der Waals surface area contributed by atoms with Gasteiger partial charge in [0.25, 0.3) is 0 Å². The second kappa shape index (κ2) is 13.5. The van der Waals surface area contributed by atoms with Crippen LogP contribution in [0.2, 0.25) is 0 Å². The molecule has 0 aliphatic carbocycles. The fourth-order valence-corrected chi connectivity index (χ4v) is 3.55. The van der Waals surface area contributed by atoms with E-state index >= 15 is 0 Å². The zero-order valence-electron chi connectivity index (χ0n) is 16.9. The minimum Gasteiger partial charge on any atom is -0.363 e. The normalized spacial score (nSPS) is 15.9. The molecule has 26 heavy (non-hydrogen) atoms. The van der Waals surface area contributed by atoms with Gasteiger partial charge in [0.15, 0.2) is 10.2 Å². The SMILES string of the molecule is CC(C)NC(=S)NCCCN1CCN(CCCNC(=S)NC(C)C)CC1. The first kappa shape index (κ1) is 23.3. The predicted molar refractivity (Wildman–Crippen MR) is 120 cm³/mol. The largest absolute Gasteiger partial charge is 0.363 e. The number of nitrogens with zero attached hydrogens (tertiary/aromatic N) is 2. The monoisotopic (exact) mass is 402 g/mol. The van der Waals surface area contributed by atoms with Crippen molar-refractivity contribution < 1.29 is 0 Å². The second-order valence-electron chi connectivity index (χ2n) is 7.50.